The summed E-state index contributed by atoms with van der Waals surface area (Å²) < 4.78 is 12.5. The van der Waals surface area contributed by atoms with E-state index in [1.165, 1.54) is 0 Å². The van der Waals surface area contributed by atoms with Crippen LogP contribution in [0.1, 0.15) is 12.5 Å². The van der Waals surface area contributed by atoms with Gasteiger partial charge < -0.3 is 15.2 Å². The van der Waals surface area contributed by atoms with Crippen molar-refractivity contribution in [1.82, 2.24) is 0 Å². The highest BCUT2D eigenvalue weighted by Crippen LogP contribution is 2.33. The van der Waals surface area contributed by atoms with Crippen LogP contribution in [-0.4, -0.2) is 19.3 Å². The van der Waals surface area contributed by atoms with Gasteiger partial charge in [-0.25, -0.2) is 0 Å². The van der Waals surface area contributed by atoms with E-state index in [1.807, 2.05) is 31.2 Å². The van der Waals surface area contributed by atoms with Crippen molar-refractivity contribution < 1.29 is 9.47 Å². The zero-order valence-electron chi connectivity index (χ0n) is 8.57. The lowest BCUT2D eigenvalue weighted by Gasteiger charge is -2.23. The van der Waals surface area contributed by atoms with Gasteiger partial charge >= 0.3 is 0 Å². The lowest BCUT2D eigenvalue weighted by atomic mass is 10.1. The van der Waals surface area contributed by atoms with E-state index in [0.717, 1.165) is 10.0 Å². The molecule has 1 aliphatic heterocycles. The number of hydrogen-bond acceptors (Lipinski definition) is 3. The predicted octanol–water partition coefficient (Wildman–Crippen LogP) is 2.00. The molecule has 2 unspecified atom stereocenters. The zero-order chi connectivity index (χ0) is 10.9. The van der Waals surface area contributed by atoms with Crippen molar-refractivity contribution in [2.75, 3.05) is 13.2 Å². The largest absolute Gasteiger partial charge is 0.343 e. The van der Waals surface area contributed by atoms with E-state index in [4.69, 9.17) is 15.2 Å². The second-order valence-corrected chi connectivity index (χ2v) is 4.65. The third-order valence-electron chi connectivity index (χ3n) is 2.57. The summed E-state index contributed by atoms with van der Waals surface area (Å²) in [7, 11) is 0. The first kappa shape index (κ1) is 11.1. The molecule has 0 aromatic heterocycles. The maximum absolute atomic E-state index is 5.76. The van der Waals surface area contributed by atoms with Crippen molar-refractivity contribution >= 4 is 15.9 Å². The lowest BCUT2D eigenvalue weighted by Crippen LogP contribution is -2.27. The van der Waals surface area contributed by atoms with Gasteiger partial charge in [-0.05, 0) is 19.1 Å². The molecule has 0 amide bonds. The molecule has 1 aromatic carbocycles. The number of nitrogens with two attached hydrogens (primary N) is 1. The first-order valence-electron chi connectivity index (χ1n) is 4.92. The quantitative estimate of drug-likeness (QED) is 0.895. The molecule has 1 fully saturated rings. The standard InChI is InChI=1S/C11H14BrNO2/c1-11(14-7-10(6-13)15-11)8-2-4-9(12)5-3-8/h2-5,10H,6-7,13H2,1H3. The average molecular weight is 272 g/mol. The van der Waals surface area contributed by atoms with Gasteiger partial charge in [-0.1, -0.05) is 28.1 Å². The molecule has 1 aliphatic rings. The van der Waals surface area contributed by atoms with Gasteiger partial charge in [0.1, 0.15) is 0 Å². The summed E-state index contributed by atoms with van der Waals surface area (Å²) in [6.07, 6.45) is -0.00125. The molecule has 1 aromatic rings. The minimum absolute atomic E-state index is 0.00125. The number of benzene rings is 1. The van der Waals surface area contributed by atoms with Crippen LogP contribution in [0.15, 0.2) is 28.7 Å². The summed E-state index contributed by atoms with van der Waals surface area (Å²) in [6.45, 7) is 2.97. The molecule has 0 radical (unpaired) electrons. The molecule has 2 atom stereocenters. The van der Waals surface area contributed by atoms with Gasteiger partial charge in [0.25, 0.3) is 0 Å². The highest BCUT2D eigenvalue weighted by molar-refractivity contribution is 9.10. The Kier molecular flexibility index (Phi) is 3.11. The van der Waals surface area contributed by atoms with Gasteiger partial charge in [-0.15, -0.1) is 0 Å². The molecule has 1 heterocycles. The Morgan fingerprint density at radius 3 is 2.67 bits per heavy atom. The first-order valence-corrected chi connectivity index (χ1v) is 5.71. The Bertz CT molecular complexity index is 341. The fraction of sp³-hybridized carbons (Fsp3) is 0.455. The van der Waals surface area contributed by atoms with Crippen LogP contribution < -0.4 is 5.73 Å². The van der Waals surface area contributed by atoms with Gasteiger partial charge in [0.05, 0.1) is 12.7 Å². The van der Waals surface area contributed by atoms with E-state index < -0.39 is 5.79 Å². The number of halogens is 1. The van der Waals surface area contributed by atoms with Crippen LogP contribution in [-0.2, 0) is 15.3 Å². The predicted molar refractivity (Wildman–Crippen MR) is 61.4 cm³/mol. The SMILES string of the molecule is CC1(c2ccc(Br)cc2)OCC(CN)O1. The fourth-order valence-electron chi connectivity index (χ4n) is 1.66. The summed E-state index contributed by atoms with van der Waals surface area (Å²) in [5, 5.41) is 0. The number of rotatable bonds is 2. The van der Waals surface area contributed by atoms with Gasteiger partial charge in [0.15, 0.2) is 5.79 Å². The van der Waals surface area contributed by atoms with Crippen LogP contribution in [0.5, 0.6) is 0 Å². The Labute approximate surface area is 97.7 Å². The van der Waals surface area contributed by atoms with Crippen molar-refractivity contribution in [3.63, 3.8) is 0 Å². The van der Waals surface area contributed by atoms with Crippen molar-refractivity contribution in [3.05, 3.63) is 34.3 Å². The highest BCUT2D eigenvalue weighted by Gasteiger charge is 2.38. The minimum atomic E-state index is -0.648. The van der Waals surface area contributed by atoms with Crippen molar-refractivity contribution in [3.8, 4) is 0 Å². The number of ether oxygens (including phenoxy) is 2. The third kappa shape index (κ3) is 2.23. The van der Waals surface area contributed by atoms with Crippen LogP contribution in [0, 0.1) is 0 Å². The highest BCUT2D eigenvalue weighted by atomic mass is 79.9. The Morgan fingerprint density at radius 1 is 1.47 bits per heavy atom. The summed E-state index contributed by atoms with van der Waals surface area (Å²) in [4.78, 5) is 0. The molecule has 4 heteroatoms. The van der Waals surface area contributed by atoms with E-state index in [9.17, 15) is 0 Å². The zero-order valence-corrected chi connectivity index (χ0v) is 10.2. The van der Waals surface area contributed by atoms with Gasteiger partial charge in [-0.3, -0.25) is 0 Å². The summed E-state index contributed by atoms with van der Waals surface area (Å²) >= 11 is 3.40. The first-order chi connectivity index (χ1) is 7.14. The van der Waals surface area contributed by atoms with Crippen LogP contribution in [0.2, 0.25) is 0 Å². The second kappa shape index (κ2) is 4.22. The molecular formula is C11H14BrNO2. The van der Waals surface area contributed by atoms with E-state index >= 15 is 0 Å². The molecule has 1 saturated heterocycles. The van der Waals surface area contributed by atoms with Crippen LogP contribution >= 0.6 is 15.9 Å². The van der Waals surface area contributed by atoms with Gasteiger partial charge in [-0.2, -0.15) is 0 Å². The molecule has 2 rings (SSSR count). The van der Waals surface area contributed by atoms with Gasteiger partial charge in [0, 0.05) is 16.6 Å². The molecule has 0 aliphatic carbocycles. The Morgan fingerprint density at radius 2 is 2.13 bits per heavy atom. The topological polar surface area (TPSA) is 44.5 Å². The molecule has 0 spiro atoms. The molecular weight excluding hydrogens is 258 g/mol. The smallest absolute Gasteiger partial charge is 0.192 e. The molecule has 3 nitrogen and oxygen atoms in total. The molecule has 15 heavy (non-hydrogen) atoms. The molecule has 2 N–H and O–H groups in total. The maximum atomic E-state index is 5.76. The van der Waals surface area contributed by atoms with E-state index in [2.05, 4.69) is 15.9 Å². The van der Waals surface area contributed by atoms with Crippen LogP contribution in [0.25, 0.3) is 0 Å². The summed E-state index contributed by atoms with van der Waals surface area (Å²) in [5.74, 6) is -0.648. The summed E-state index contributed by atoms with van der Waals surface area (Å²) in [5.41, 5.74) is 6.56. The lowest BCUT2D eigenvalue weighted by molar-refractivity contribution is -0.160. The average Bonchev–Trinajstić information content (AvgIpc) is 2.62. The second-order valence-electron chi connectivity index (χ2n) is 3.74. The monoisotopic (exact) mass is 271 g/mol. The maximum Gasteiger partial charge on any atom is 0.192 e. The Balaban J connectivity index is 2.20. The van der Waals surface area contributed by atoms with Crippen molar-refractivity contribution in [2.24, 2.45) is 5.73 Å². The molecule has 0 saturated carbocycles. The third-order valence-corrected chi connectivity index (χ3v) is 3.10. The molecule has 82 valence electrons. The molecule has 0 bridgehead atoms. The summed E-state index contributed by atoms with van der Waals surface area (Å²) in [6, 6.07) is 7.93. The van der Waals surface area contributed by atoms with E-state index in [1.54, 1.807) is 0 Å². The normalized spacial score (nSPS) is 30.7. The van der Waals surface area contributed by atoms with E-state index in [0.29, 0.717) is 13.2 Å². The van der Waals surface area contributed by atoms with Gasteiger partial charge in [0.2, 0.25) is 0 Å². The van der Waals surface area contributed by atoms with Crippen molar-refractivity contribution in [2.45, 2.75) is 18.8 Å². The minimum Gasteiger partial charge on any atom is -0.343 e. The fourth-order valence-corrected chi connectivity index (χ4v) is 1.92. The van der Waals surface area contributed by atoms with Crippen LogP contribution in [0.4, 0.5) is 0 Å². The Hall–Kier alpha value is -0.420. The van der Waals surface area contributed by atoms with E-state index in [-0.39, 0.29) is 6.10 Å². The van der Waals surface area contributed by atoms with Crippen molar-refractivity contribution in [1.29, 1.82) is 0 Å². The number of hydrogen-bond donors (Lipinski definition) is 1. The van der Waals surface area contributed by atoms with Crippen LogP contribution in [0.3, 0.4) is 0 Å².